The van der Waals surface area contributed by atoms with Crippen LogP contribution in [-0.2, 0) is 4.79 Å². The molecule has 4 heteroatoms. The van der Waals surface area contributed by atoms with E-state index in [4.69, 9.17) is 5.26 Å². The van der Waals surface area contributed by atoms with Crippen LogP contribution < -0.4 is 5.32 Å². The van der Waals surface area contributed by atoms with E-state index < -0.39 is 0 Å². The van der Waals surface area contributed by atoms with E-state index in [0.29, 0.717) is 6.54 Å². The zero-order valence-electron chi connectivity index (χ0n) is 8.67. The first-order chi connectivity index (χ1) is 6.58. The van der Waals surface area contributed by atoms with Crippen LogP contribution in [0.3, 0.4) is 0 Å². The van der Waals surface area contributed by atoms with Crippen molar-refractivity contribution < 1.29 is 4.79 Å². The van der Waals surface area contributed by atoms with Crippen molar-refractivity contribution in [2.75, 3.05) is 12.3 Å². The summed E-state index contributed by atoms with van der Waals surface area (Å²) in [5.74, 6) is 1.05. The molecule has 0 spiro atoms. The molecule has 0 radical (unpaired) electrons. The molecule has 1 saturated heterocycles. The van der Waals surface area contributed by atoms with Crippen LogP contribution in [0.4, 0.5) is 0 Å². The number of rotatable bonds is 3. The third-order valence-electron chi connectivity index (χ3n) is 2.49. The molecule has 1 aliphatic rings. The second kappa shape index (κ2) is 4.70. The first-order valence-corrected chi connectivity index (χ1v) is 5.89. The van der Waals surface area contributed by atoms with E-state index in [2.05, 4.69) is 11.4 Å². The third kappa shape index (κ3) is 2.65. The minimum atomic E-state index is -0.255. The summed E-state index contributed by atoms with van der Waals surface area (Å²) in [4.78, 5) is 11.7. The van der Waals surface area contributed by atoms with Gasteiger partial charge in [-0.3, -0.25) is 4.79 Å². The fourth-order valence-electron chi connectivity index (χ4n) is 1.44. The van der Waals surface area contributed by atoms with Crippen molar-refractivity contribution in [3.63, 3.8) is 0 Å². The van der Waals surface area contributed by atoms with Crippen LogP contribution >= 0.6 is 11.8 Å². The quantitative estimate of drug-likeness (QED) is 0.772. The van der Waals surface area contributed by atoms with Crippen molar-refractivity contribution in [2.45, 2.75) is 31.4 Å². The SMILES string of the molecule is CC(C#N)CNC(=O)C1(C)CCCS1. The molecule has 1 N–H and O–H groups in total. The fourth-order valence-corrected chi connectivity index (χ4v) is 2.67. The van der Waals surface area contributed by atoms with Gasteiger partial charge in [0.25, 0.3) is 0 Å². The number of hydrogen-bond acceptors (Lipinski definition) is 3. The summed E-state index contributed by atoms with van der Waals surface area (Å²) in [6, 6.07) is 2.10. The molecule has 14 heavy (non-hydrogen) atoms. The van der Waals surface area contributed by atoms with Crippen LogP contribution in [0.25, 0.3) is 0 Å². The molecule has 0 aromatic carbocycles. The maximum atomic E-state index is 11.7. The molecule has 1 aliphatic heterocycles. The Hall–Kier alpha value is -0.690. The topological polar surface area (TPSA) is 52.9 Å². The van der Waals surface area contributed by atoms with Crippen LogP contribution in [-0.4, -0.2) is 23.0 Å². The minimum Gasteiger partial charge on any atom is -0.354 e. The van der Waals surface area contributed by atoms with Crippen LogP contribution in [0.5, 0.6) is 0 Å². The molecule has 2 unspecified atom stereocenters. The largest absolute Gasteiger partial charge is 0.354 e. The van der Waals surface area contributed by atoms with Gasteiger partial charge in [-0.2, -0.15) is 5.26 Å². The Balaban J connectivity index is 2.38. The lowest BCUT2D eigenvalue weighted by Crippen LogP contribution is -2.41. The van der Waals surface area contributed by atoms with E-state index in [-0.39, 0.29) is 16.6 Å². The Kier molecular flexibility index (Phi) is 3.82. The summed E-state index contributed by atoms with van der Waals surface area (Å²) in [7, 11) is 0. The zero-order valence-corrected chi connectivity index (χ0v) is 9.49. The van der Waals surface area contributed by atoms with Gasteiger partial charge >= 0.3 is 0 Å². The van der Waals surface area contributed by atoms with Crippen molar-refractivity contribution in [1.82, 2.24) is 5.32 Å². The van der Waals surface area contributed by atoms with Gasteiger partial charge in [-0.15, -0.1) is 11.8 Å². The van der Waals surface area contributed by atoms with Crippen LogP contribution in [0.15, 0.2) is 0 Å². The lowest BCUT2D eigenvalue weighted by atomic mass is 10.0. The molecule has 0 bridgehead atoms. The first kappa shape index (κ1) is 11.4. The van der Waals surface area contributed by atoms with Gasteiger partial charge in [-0.1, -0.05) is 0 Å². The van der Waals surface area contributed by atoms with Crippen molar-refractivity contribution in [3.8, 4) is 6.07 Å². The van der Waals surface area contributed by atoms with Gasteiger partial charge in [-0.05, 0) is 32.4 Å². The summed E-state index contributed by atoms with van der Waals surface area (Å²) >= 11 is 1.72. The highest BCUT2D eigenvalue weighted by molar-refractivity contribution is 8.01. The number of nitrogens with zero attached hydrogens (tertiary/aromatic N) is 1. The van der Waals surface area contributed by atoms with E-state index in [9.17, 15) is 4.79 Å². The van der Waals surface area contributed by atoms with E-state index in [1.54, 1.807) is 11.8 Å². The average molecular weight is 212 g/mol. The Labute approximate surface area is 89.2 Å². The molecule has 1 amide bonds. The third-order valence-corrected chi connectivity index (χ3v) is 4.01. The predicted molar refractivity (Wildman–Crippen MR) is 57.9 cm³/mol. The number of thioether (sulfide) groups is 1. The maximum absolute atomic E-state index is 11.7. The molecule has 1 rings (SSSR count). The Bertz CT molecular complexity index is 253. The molecule has 3 nitrogen and oxygen atoms in total. The lowest BCUT2D eigenvalue weighted by Gasteiger charge is -2.21. The molecule has 0 saturated carbocycles. The number of carbonyl (C=O) groups excluding carboxylic acids is 1. The molecule has 78 valence electrons. The molecular formula is C10H16N2OS. The lowest BCUT2D eigenvalue weighted by molar-refractivity contribution is -0.123. The average Bonchev–Trinajstić information content (AvgIpc) is 2.62. The number of nitriles is 1. The molecule has 0 aromatic rings. The van der Waals surface area contributed by atoms with Gasteiger partial charge in [0.15, 0.2) is 0 Å². The van der Waals surface area contributed by atoms with Crippen molar-refractivity contribution in [1.29, 1.82) is 5.26 Å². The highest BCUT2D eigenvalue weighted by Gasteiger charge is 2.36. The minimum absolute atomic E-state index is 0.0853. The van der Waals surface area contributed by atoms with Crippen molar-refractivity contribution in [2.24, 2.45) is 5.92 Å². The smallest absolute Gasteiger partial charge is 0.235 e. The molecular weight excluding hydrogens is 196 g/mol. The van der Waals surface area contributed by atoms with Gasteiger partial charge in [0.05, 0.1) is 16.7 Å². The highest BCUT2D eigenvalue weighted by Crippen LogP contribution is 2.37. The van der Waals surface area contributed by atoms with Crippen LogP contribution in [0.2, 0.25) is 0 Å². The van der Waals surface area contributed by atoms with E-state index in [0.717, 1.165) is 18.6 Å². The Morgan fingerprint density at radius 2 is 2.50 bits per heavy atom. The summed E-state index contributed by atoms with van der Waals surface area (Å²) in [6.45, 7) is 4.26. The molecule has 2 atom stereocenters. The van der Waals surface area contributed by atoms with E-state index in [1.165, 1.54) is 0 Å². The van der Waals surface area contributed by atoms with Crippen molar-refractivity contribution in [3.05, 3.63) is 0 Å². The second-order valence-corrected chi connectivity index (χ2v) is 5.52. The molecule has 1 heterocycles. The number of hydrogen-bond donors (Lipinski definition) is 1. The van der Waals surface area contributed by atoms with Crippen LogP contribution in [0.1, 0.15) is 26.7 Å². The molecule has 1 fully saturated rings. The monoisotopic (exact) mass is 212 g/mol. The van der Waals surface area contributed by atoms with Crippen molar-refractivity contribution >= 4 is 17.7 Å². The van der Waals surface area contributed by atoms with Gasteiger partial charge in [0.1, 0.15) is 0 Å². The predicted octanol–water partition coefficient (Wildman–Crippen LogP) is 1.55. The first-order valence-electron chi connectivity index (χ1n) is 4.90. The normalized spacial score (nSPS) is 28.1. The standard InChI is InChI=1S/C10H16N2OS/c1-8(6-11)7-12-9(13)10(2)4-3-5-14-10/h8H,3-5,7H2,1-2H3,(H,12,13). The van der Waals surface area contributed by atoms with E-state index >= 15 is 0 Å². The summed E-state index contributed by atoms with van der Waals surface area (Å²) in [5, 5.41) is 11.4. The van der Waals surface area contributed by atoms with Crippen LogP contribution in [0, 0.1) is 17.2 Å². The van der Waals surface area contributed by atoms with Gasteiger partial charge in [0.2, 0.25) is 5.91 Å². The number of amides is 1. The summed E-state index contributed by atoms with van der Waals surface area (Å²) in [6.07, 6.45) is 2.06. The summed E-state index contributed by atoms with van der Waals surface area (Å²) in [5.41, 5.74) is 0. The maximum Gasteiger partial charge on any atom is 0.235 e. The fraction of sp³-hybridized carbons (Fsp3) is 0.800. The van der Waals surface area contributed by atoms with Gasteiger partial charge in [0, 0.05) is 6.54 Å². The summed E-state index contributed by atoms with van der Waals surface area (Å²) < 4.78 is -0.255. The molecule has 0 aromatic heterocycles. The zero-order chi connectivity index (χ0) is 10.6. The van der Waals surface area contributed by atoms with Gasteiger partial charge < -0.3 is 5.32 Å². The Morgan fingerprint density at radius 1 is 1.79 bits per heavy atom. The Morgan fingerprint density at radius 3 is 3.00 bits per heavy atom. The highest BCUT2D eigenvalue weighted by atomic mass is 32.2. The van der Waals surface area contributed by atoms with E-state index in [1.807, 2.05) is 13.8 Å². The molecule has 0 aliphatic carbocycles. The van der Waals surface area contributed by atoms with Gasteiger partial charge in [-0.25, -0.2) is 0 Å². The second-order valence-electron chi connectivity index (χ2n) is 3.92. The number of carbonyl (C=O) groups is 1. The number of nitrogens with one attached hydrogen (secondary N) is 1.